The van der Waals surface area contributed by atoms with Crippen LogP contribution in [0.25, 0.3) is 0 Å². The standard InChI is InChI=1S/C14H22N2OS/c1-10(15-7-8-16-11(2)17)14-9-12-5-3-4-6-13(12)18-14/h9-10,15H,3-8H2,1-2H3,(H,16,17). The first-order valence-electron chi connectivity index (χ1n) is 6.76. The molecular weight excluding hydrogens is 244 g/mol. The van der Waals surface area contributed by atoms with Crippen molar-refractivity contribution in [3.63, 3.8) is 0 Å². The van der Waals surface area contributed by atoms with E-state index in [-0.39, 0.29) is 5.91 Å². The number of hydrogen-bond acceptors (Lipinski definition) is 3. The van der Waals surface area contributed by atoms with Crippen molar-refractivity contribution in [3.8, 4) is 0 Å². The largest absolute Gasteiger partial charge is 0.355 e. The summed E-state index contributed by atoms with van der Waals surface area (Å²) in [5.74, 6) is 0.0380. The van der Waals surface area contributed by atoms with E-state index < -0.39 is 0 Å². The number of thiophene rings is 1. The van der Waals surface area contributed by atoms with E-state index in [1.165, 1.54) is 30.6 Å². The van der Waals surface area contributed by atoms with Gasteiger partial charge in [-0.3, -0.25) is 4.79 Å². The lowest BCUT2D eigenvalue weighted by molar-refractivity contribution is -0.118. The minimum atomic E-state index is 0.0380. The zero-order chi connectivity index (χ0) is 13.0. The van der Waals surface area contributed by atoms with Crippen molar-refractivity contribution in [2.45, 2.75) is 45.6 Å². The fraction of sp³-hybridized carbons (Fsp3) is 0.643. The molecule has 1 heterocycles. The highest BCUT2D eigenvalue weighted by Crippen LogP contribution is 2.32. The van der Waals surface area contributed by atoms with Gasteiger partial charge in [0.25, 0.3) is 0 Å². The van der Waals surface area contributed by atoms with E-state index in [1.807, 2.05) is 11.3 Å². The van der Waals surface area contributed by atoms with Gasteiger partial charge in [-0.2, -0.15) is 0 Å². The van der Waals surface area contributed by atoms with Crippen LogP contribution in [-0.4, -0.2) is 19.0 Å². The second kappa shape index (κ2) is 6.34. The summed E-state index contributed by atoms with van der Waals surface area (Å²) in [7, 11) is 0. The summed E-state index contributed by atoms with van der Waals surface area (Å²) < 4.78 is 0. The van der Waals surface area contributed by atoms with Crippen molar-refractivity contribution in [2.75, 3.05) is 13.1 Å². The third-order valence-electron chi connectivity index (χ3n) is 3.39. The van der Waals surface area contributed by atoms with Crippen LogP contribution >= 0.6 is 11.3 Å². The maximum Gasteiger partial charge on any atom is 0.216 e. The van der Waals surface area contributed by atoms with Gasteiger partial charge < -0.3 is 10.6 Å². The summed E-state index contributed by atoms with van der Waals surface area (Å²) >= 11 is 1.96. The number of nitrogens with one attached hydrogen (secondary N) is 2. The van der Waals surface area contributed by atoms with Gasteiger partial charge in [-0.05, 0) is 44.2 Å². The van der Waals surface area contributed by atoms with E-state index in [1.54, 1.807) is 17.4 Å². The Bertz CT molecular complexity index is 390. The number of hydrogen-bond donors (Lipinski definition) is 2. The Morgan fingerprint density at radius 3 is 2.89 bits per heavy atom. The lowest BCUT2D eigenvalue weighted by atomic mass is 9.99. The van der Waals surface area contributed by atoms with Crippen LogP contribution in [0.2, 0.25) is 0 Å². The summed E-state index contributed by atoms with van der Waals surface area (Å²) in [6.07, 6.45) is 5.20. The fourth-order valence-electron chi connectivity index (χ4n) is 2.35. The van der Waals surface area contributed by atoms with E-state index in [4.69, 9.17) is 0 Å². The Balaban J connectivity index is 1.83. The molecule has 1 aromatic heterocycles. The highest BCUT2D eigenvalue weighted by atomic mass is 32.1. The zero-order valence-electron chi connectivity index (χ0n) is 11.2. The number of carbonyl (C=O) groups is 1. The molecule has 3 nitrogen and oxygen atoms in total. The molecule has 1 aromatic rings. The molecule has 1 amide bonds. The molecule has 0 fully saturated rings. The number of rotatable bonds is 5. The van der Waals surface area contributed by atoms with Crippen LogP contribution in [0, 0.1) is 0 Å². The van der Waals surface area contributed by atoms with Crippen LogP contribution in [0.3, 0.4) is 0 Å². The molecule has 0 aliphatic heterocycles. The molecule has 1 aliphatic carbocycles. The maximum absolute atomic E-state index is 10.8. The van der Waals surface area contributed by atoms with Crippen molar-refractivity contribution in [2.24, 2.45) is 0 Å². The third-order valence-corrected chi connectivity index (χ3v) is 4.81. The third kappa shape index (κ3) is 3.56. The van der Waals surface area contributed by atoms with Crippen molar-refractivity contribution in [1.82, 2.24) is 10.6 Å². The number of aryl methyl sites for hydroxylation is 2. The topological polar surface area (TPSA) is 41.1 Å². The minimum absolute atomic E-state index is 0.0380. The highest BCUT2D eigenvalue weighted by molar-refractivity contribution is 7.12. The highest BCUT2D eigenvalue weighted by Gasteiger charge is 2.16. The molecule has 0 saturated heterocycles. The molecule has 2 rings (SSSR count). The Hall–Kier alpha value is -0.870. The Morgan fingerprint density at radius 2 is 2.17 bits per heavy atom. The quantitative estimate of drug-likeness (QED) is 0.804. The van der Waals surface area contributed by atoms with Gasteiger partial charge in [0.05, 0.1) is 0 Å². The van der Waals surface area contributed by atoms with Crippen molar-refractivity contribution in [3.05, 3.63) is 21.4 Å². The summed E-state index contributed by atoms with van der Waals surface area (Å²) in [6, 6.07) is 2.75. The average Bonchev–Trinajstić information content (AvgIpc) is 2.78. The molecule has 2 N–H and O–H groups in total. The van der Waals surface area contributed by atoms with E-state index in [9.17, 15) is 4.79 Å². The molecule has 0 bridgehead atoms. The lowest BCUT2D eigenvalue weighted by Gasteiger charge is -2.12. The molecule has 0 spiro atoms. The molecule has 1 aliphatic rings. The second-order valence-electron chi connectivity index (χ2n) is 4.96. The molecule has 0 aromatic carbocycles. The summed E-state index contributed by atoms with van der Waals surface area (Å²) in [5, 5.41) is 6.26. The molecule has 0 saturated carbocycles. The van der Waals surface area contributed by atoms with Gasteiger partial charge >= 0.3 is 0 Å². The predicted molar refractivity (Wildman–Crippen MR) is 76.1 cm³/mol. The number of fused-ring (bicyclic) bond motifs is 1. The summed E-state index contributed by atoms with van der Waals surface area (Å²) in [5.41, 5.74) is 1.57. The monoisotopic (exact) mass is 266 g/mol. The van der Waals surface area contributed by atoms with Gasteiger partial charge in [0.15, 0.2) is 0 Å². The lowest BCUT2D eigenvalue weighted by Crippen LogP contribution is -2.31. The van der Waals surface area contributed by atoms with Crippen molar-refractivity contribution >= 4 is 17.2 Å². The van der Waals surface area contributed by atoms with Gasteiger partial charge in [-0.15, -0.1) is 11.3 Å². The smallest absolute Gasteiger partial charge is 0.216 e. The molecule has 4 heteroatoms. The molecule has 0 radical (unpaired) electrons. The first-order valence-corrected chi connectivity index (χ1v) is 7.58. The molecule has 100 valence electrons. The van der Waals surface area contributed by atoms with E-state index in [2.05, 4.69) is 23.6 Å². The fourth-order valence-corrected chi connectivity index (χ4v) is 3.64. The normalized spacial score (nSPS) is 16.1. The van der Waals surface area contributed by atoms with Crippen LogP contribution < -0.4 is 10.6 Å². The van der Waals surface area contributed by atoms with Crippen LogP contribution in [0.1, 0.15) is 48.0 Å². The van der Waals surface area contributed by atoms with Crippen molar-refractivity contribution in [1.29, 1.82) is 0 Å². The van der Waals surface area contributed by atoms with Gasteiger partial charge in [-0.1, -0.05) is 0 Å². The van der Waals surface area contributed by atoms with E-state index >= 15 is 0 Å². The van der Waals surface area contributed by atoms with E-state index in [0.29, 0.717) is 12.6 Å². The van der Waals surface area contributed by atoms with Crippen molar-refractivity contribution < 1.29 is 4.79 Å². The van der Waals surface area contributed by atoms with Crippen LogP contribution in [0.15, 0.2) is 6.07 Å². The molecular formula is C14H22N2OS. The van der Waals surface area contributed by atoms with Gasteiger partial charge in [0, 0.05) is 35.8 Å². The Morgan fingerprint density at radius 1 is 1.39 bits per heavy atom. The first-order chi connectivity index (χ1) is 8.66. The predicted octanol–water partition coefficient (Wildman–Crippen LogP) is 2.41. The van der Waals surface area contributed by atoms with Gasteiger partial charge in [0.1, 0.15) is 0 Å². The Labute approximate surface area is 113 Å². The van der Waals surface area contributed by atoms with Crippen LogP contribution in [0.4, 0.5) is 0 Å². The SMILES string of the molecule is CC(=O)NCCNC(C)c1cc2c(s1)CCCC2. The summed E-state index contributed by atoms with van der Waals surface area (Å²) in [6.45, 7) is 5.27. The minimum Gasteiger partial charge on any atom is -0.355 e. The van der Waals surface area contributed by atoms with Crippen LogP contribution in [-0.2, 0) is 17.6 Å². The summed E-state index contributed by atoms with van der Waals surface area (Å²) in [4.78, 5) is 13.8. The molecule has 1 atom stereocenters. The molecule has 18 heavy (non-hydrogen) atoms. The zero-order valence-corrected chi connectivity index (χ0v) is 12.0. The second-order valence-corrected chi connectivity index (χ2v) is 6.13. The first kappa shape index (κ1) is 13.6. The van der Waals surface area contributed by atoms with E-state index in [0.717, 1.165) is 6.54 Å². The van der Waals surface area contributed by atoms with Gasteiger partial charge in [0.2, 0.25) is 5.91 Å². The Kier molecular flexibility index (Phi) is 4.78. The van der Waals surface area contributed by atoms with Gasteiger partial charge in [-0.25, -0.2) is 0 Å². The van der Waals surface area contributed by atoms with Crippen LogP contribution in [0.5, 0.6) is 0 Å². The average molecular weight is 266 g/mol. The maximum atomic E-state index is 10.8. The number of carbonyl (C=O) groups excluding carboxylic acids is 1. The molecule has 1 unspecified atom stereocenters. The number of amides is 1.